The molecule has 10 nitrogen and oxygen atoms in total. The van der Waals surface area contributed by atoms with Crippen LogP contribution in [0.4, 0.5) is 26.3 Å². The largest absolute Gasteiger partial charge is 0.432 e. The van der Waals surface area contributed by atoms with Gasteiger partial charge in [0.15, 0.2) is 6.54 Å². The highest BCUT2D eigenvalue weighted by molar-refractivity contribution is 6.00. The van der Waals surface area contributed by atoms with Crippen molar-refractivity contribution in [3.05, 3.63) is 91.0 Å². The molecule has 1 saturated carbocycles. The Bertz CT molecular complexity index is 1370. The fourth-order valence-electron chi connectivity index (χ4n) is 5.57. The Hall–Kier alpha value is -4.08. The number of carbonyl (C=O) groups is 1. The standard InChI is InChI=1S/C26H24F6N4O6/c1-15(16-9-18(25(27,28)29)11-19(10-16)26(30,31)32)42-14-24(17-5-3-2-4-6-17)8-7-20(12-21(24)35(38)39)34-22(37)13-33-23(34)36(40)41/h2-6,9-11,15,20-21H,7-8,12-14H2,1H3/t15-,20+,21?,24-/m1/s1. The van der Waals surface area contributed by atoms with Crippen LogP contribution in [0.25, 0.3) is 0 Å². The molecule has 4 atom stereocenters. The van der Waals surface area contributed by atoms with Gasteiger partial charge in [0.2, 0.25) is 6.04 Å². The molecule has 4 rings (SSSR count). The van der Waals surface area contributed by atoms with Crippen molar-refractivity contribution in [2.75, 3.05) is 13.2 Å². The minimum atomic E-state index is -5.07. The predicted octanol–water partition coefficient (Wildman–Crippen LogP) is 5.41. The monoisotopic (exact) mass is 602 g/mol. The molecule has 2 aromatic carbocycles. The van der Waals surface area contributed by atoms with E-state index in [-0.39, 0.29) is 25.3 Å². The van der Waals surface area contributed by atoms with Crippen molar-refractivity contribution >= 4 is 11.9 Å². The fourth-order valence-corrected chi connectivity index (χ4v) is 5.57. The van der Waals surface area contributed by atoms with Crippen molar-refractivity contribution in [1.82, 2.24) is 4.90 Å². The highest BCUT2D eigenvalue weighted by Gasteiger charge is 2.56. The van der Waals surface area contributed by atoms with Gasteiger partial charge in [-0.05, 0) is 54.0 Å². The molecule has 1 amide bonds. The average molecular weight is 602 g/mol. The number of hydrogen-bond acceptors (Lipinski definition) is 7. The van der Waals surface area contributed by atoms with Crippen LogP contribution in [0.1, 0.15) is 54.5 Å². The first-order valence-electron chi connectivity index (χ1n) is 12.7. The van der Waals surface area contributed by atoms with Gasteiger partial charge in [-0.1, -0.05) is 35.3 Å². The van der Waals surface area contributed by atoms with Crippen molar-refractivity contribution in [1.29, 1.82) is 0 Å². The average Bonchev–Trinajstić information content (AvgIpc) is 3.32. The van der Waals surface area contributed by atoms with E-state index in [0.29, 0.717) is 17.7 Å². The smallest absolute Gasteiger partial charge is 0.390 e. The van der Waals surface area contributed by atoms with Crippen molar-refractivity contribution in [2.45, 2.75) is 62.1 Å². The van der Waals surface area contributed by atoms with Crippen LogP contribution in [0.3, 0.4) is 0 Å². The van der Waals surface area contributed by atoms with Gasteiger partial charge >= 0.3 is 24.2 Å². The first-order valence-corrected chi connectivity index (χ1v) is 12.7. The fraction of sp³-hybridized carbons (Fsp3) is 0.462. The minimum Gasteiger partial charge on any atom is -0.390 e. The number of carbonyl (C=O) groups excluding carboxylic acids is 1. The van der Waals surface area contributed by atoms with E-state index in [9.17, 15) is 51.4 Å². The van der Waals surface area contributed by atoms with Gasteiger partial charge in [0.05, 0.1) is 41.7 Å². The number of aliphatic imine (C=N–C) groups is 1. The summed E-state index contributed by atoms with van der Waals surface area (Å²) >= 11 is 0. The maximum Gasteiger partial charge on any atom is 0.432 e. The topological polar surface area (TPSA) is 128 Å². The van der Waals surface area contributed by atoms with E-state index >= 15 is 0 Å². The molecule has 0 radical (unpaired) electrons. The summed E-state index contributed by atoms with van der Waals surface area (Å²) in [6.45, 7) is 0.291. The lowest BCUT2D eigenvalue weighted by molar-refractivity contribution is -0.541. The SMILES string of the molecule is C[C@@H](OC[C@@]1(c2ccccc2)CC[C@H](N2C(=O)CN=C2[N+](=O)[O-])CC1[N+](=O)[O-])c1cc(C(F)(F)F)cc(C(F)(F)F)c1. The van der Waals surface area contributed by atoms with Crippen LogP contribution in [0.15, 0.2) is 53.5 Å². The third-order valence-electron chi connectivity index (χ3n) is 7.70. The zero-order chi connectivity index (χ0) is 31.0. The van der Waals surface area contributed by atoms with Crippen LogP contribution in [0.5, 0.6) is 0 Å². The summed E-state index contributed by atoms with van der Waals surface area (Å²) in [6, 6.07) is 6.67. The second-order valence-corrected chi connectivity index (χ2v) is 10.2. The molecule has 42 heavy (non-hydrogen) atoms. The van der Waals surface area contributed by atoms with E-state index in [0.717, 1.165) is 4.90 Å². The molecule has 1 aliphatic heterocycles. The number of alkyl halides is 6. The quantitative estimate of drug-likeness (QED) is 0.237. The van der Waals surface area contributed by atoms with Crippen LogP contribution in [0.2, 0.25) is 0 Å². The summed E-state index contributed by atoms with van der Waals surface area (Å²) < 4.78 is 86.3. The highest BCUT2D eigenvalue weighted by Crippen LogP contribution is 2.45. The highest BCUT2D eigenvalue weighted by atomic mass is 19.4. The maximum absolute atomic E-state index is 13.4. The lowest BCUT2D eigenvalue weighted by Crippen LogP contribution is -2.57. The molecular weight excluding hydrogens is 578 g/mol. The number of nitro groups is 2. The summed E-state index contributed by atoms with van der Waals surface area (Å²) in [5, 5.41) is 23.9. The predicted molar refractivity (Wildman–Crippen MR) is 133 cm³/mol. The van der Waals surface area contributed by atoms with Gasteiger partial charge in [-0.3, -0.25) is 14.9 Å². The molecule has 0 bridgehead atoms. The van der Waals surface area contributed by atoms with E-state index in [1.54, 1.807) is 30.3 Å². The third-order valence-corrected chi connectivity index (χ3v) is 7.70. The summed E-state index contributed by atoms with van der Waals surface area (Å²) in [4.78, 5) is 39.3. The number of ether oxygens (including phenoxy) is 1. The molecule has 1 unspecified atom stereocenters. The van der Waals surface area contributed by atoms with Crippen LogP contribution >= 0.6 is 0 Å². The first kappa shape index (κ1) is 30.9. The second-order valence-electron chi connectivity index (χ2n) is 10.2. The molecular formula is C26H24F6N4O6. The zero-order valence-corrected chi connectivity index (χ0v) is 21.9. The normalized spacial score (nSPS) is 23.9. The molecule has 1 aliphatic carbocycles. The van der Waals surface area contributed by atoms with Gasteiger partial charge in [-0.15, -0.1) is 0 Å². The van der Waals surface area contributed by atoms with E-state index < -0.39 is 87.5 Å². The lowest BCUT2D eigenvalue weighted by atomic mass is 9.65. The molecule has 2 aliphatic rings. The van der Waals surface area contributed by atoms with Crippen molar-refractivity contribution in [3.8, 4) is 0 Å². The number of hydrogen-bond donors (Lipinski definition) is 0. The number of halogens is 6. The zero-order valence-electron chi connectivity index (χ0n) is 21.9. The second kappa shape index (κ2) is 11.3. The Morgan fingerprint density at radius 3 is 2.17 bits per heavy atom. The number of nitrogens with zero attached hydrogens (tertiary/aromatic N) is 4. The van der Waals surface area contributed by atoms with E-state index in [1.807, 2.05) is 0 Å². The van der Waals surface area contributed by atoms with Gasteiger partial charge in [-0.25, -0.2) is 0 Å². The first-order chi connectivity index (χ1) is 19.5. The van der Waals surface area contributed by atoms with Crippen molar-refractivity contribution in [3.63, 3.8) is 0 Å². The summed E-state index contributed by atoms with van der Waals surface area (Å²) in [5.74, 6) is -1.40. The molecule has 0 spiro atoms. The third kappa shape index (κ3) is 6.07. The van der Waals surface area contributed by atoms with Gasteiger partial charge < -0.3 is 14.9 Å². The van der Waals surface area contributed by atoms with Crippen LogP contribution in [0, 0.1) is 20.2 Å². The van der Waals surface area contributed by atoms with Crippen LogP contribution in [-0.2, 0) is 27.3 Å². The molecule has 0 N–H and O–H groups in total. The molecule has 1 fully saturated rings. The molecule has 226 valence electrons. The Kier molecular flexibility index (Phi) is 8.31. The van der Waals surface area contributed by atoms with Gasteiger partial charge in [0, 0.05) is 4.92 Å². The van der Waals surface area contributed by atoms with Crippen molar-refractivity contribution < 1.29 is 45.7 Å². The van der Waals surface area contributed by atoms with E-state index in [4.69, 9.17) is 4.74 Å². The Morgan fingerprint density at radius 1 is 1.05 bits per heavy atom. The Balaban J connectivity index is 1.68. The number of benzene rings is 2. The summed E-state index contributed by atoms with van der Waals surface area (Å²) in [5.41, 5.74) is -4.49. The minimum absolute atomic E-state index is 0.00609. The van der Waals surface area contributed by atoms with Crippen molar-refractivity contribution in [2.24, 2.45) is 4.99 Å². The van der Waals surface area contributed by atoms with Gasteiger partial charge in [-0.2, -0.15) is 31.2 Å². The Labute approximate surface area is 234 Å². The lowest BCUT2D eigenvalue weighted by Gasteiger charge is -2.42. The number of amides is 1. The molecule has 1 heterocycles. The molecule has 2 aromatic rings. The van der Waals surface area contributed by atoms with E-state index in [1.165, 1.54) is 6.92 Å². The summed E-state index contributed by atoms with van der Waals surface area (Å²) in [6.07, 6.45) is -11.8. The van der Waals surface area contributed by atoms with Gasteiger partial charge in [0.25, 0.3) is 0 Å². The number of guanidine groups is 1. The Morgan fingerprint density at radius 2 is 1.64 bits per heavy atom. The molecule has 16 heteroatoms. The molecule has 0 saturated heterocycles. The van der Waals surface area contributed by atoms with Gasteiger partial charge in [0.1, 0.15) is 0 Å². The van der Waals surface area contributed by atoms with Crippen LogP contribution < -0.4 is 0 Å². The summed E-state index contributed by atoms with van der Waals surface area (Å²) in [7, 11) is 0. The van der Waals surface area contributed by atoms with Crippen LogP contribution in [-0.4, -0.2) is 51.8 Å². The molecule has 0 aromatic heterocycles. The maximum atomic E-state index is 13.4. The number of rotatable bonds is 7. The van der Waals surface area contributed by atoms with E-state index in [2.05, 4.69) is 4.99 Å².